The first-order valence-corrected chi connectivity index (χ1v) is 8.38. The summed E-state index contributed by atoms with van der Waals surface area (Å²) in [5.41, 5.74) is -0.452. The van der Waals surface area contributed by atoms with Crippen LogP contribution in [0.1, 0.15) is 53.4 Å². The van der Waals surface area contributed by atoms with Gasteiger partial charge in [0.05, 0.1) is 12.2 Å². The van der Waals surface area contributed by atoms with Gasteiger partial charge in [-0.25, -0.2) is 4.79 Å². The van der Waals surface area contributed by atoms with Gasteiger partial charge in [-0.1, -0.05) is 5.92 Å². The summed E-state index contributed by atoms with van der Waals surface area (Å²) in [6.45, 7) is 8.48. The van der Waals surface area contributed by atoms with E-state index < -0.39 is 5.60 Å². The fraction of sp³-hybridized carbons (Fsp3) is 0.778. The van der Waals surface area contributed by atoms with Gasteiger partial charge in [-0.2, -0.15) is 0 Å². The van der Waals surface area contributed by atoms with Crippen molar-refractivity contribution >= 4 is 11.9 Å². The number of rotatable bonds is 2. The molecule has 5 heteroatoms. The molecule has 23 heavy (non-hydrogen) atoms. The molecule has 1 heterocycles. The maximum Gasteiger partial charge on any atom is 0.410 e. The Morgan fingerprint density at radius 1 is 1.09 bits per heavy atom. The fourth-order valence-electron chi connectivity index (χ4n) is 2.77. The number of amides is 1. The number of likely N-dealkylation sites (tertiary alicyclic amines) is 1. The fourth-order valence-corrected chi connectivity index (χ4v) is 2.77. The van der Waals surface area contributed by atoms with Gasteiger partial charge in [0, 0.05) is 25.9 Å². The molecule has 1 saturated carbocycles. The molecule has 0 atom stereocenters. The van der Waals surface area contributed by atoms with Crippen LogP contribution in [-0.2, 0) is 14.3 Å². The Morgan fingerprint density at radius 3 is 2.22 bits per heavy atom. The zero-order chi connectivity index (χ0) is 17.0. The summed E-state index contributed by atoms with van der Waals surface area (Å²) in [5.74, 6) is 5.80. The third-order valence-electron chi connectivity index (χ3n) is 4.03. The predicted octanol–water partition coefficient (Wildman–Crippen LogP) is 2.77. The monoisotopic (exact) mass is 321 g/mol. The van der Waals surface area contributed by atoms with Crippen LogP contribution < -0.4 is 0 Å². The molecular weight excluding hydrogens is 294 g/mol. The molecule has 0 unspecified atom stereocenters. The third-order valence-corrected chi connectivity index (χ3v) is 4.03. The van der Waals surface area contributed by atoms with E-state index in [2.05, 4.69) is 11.8 Å². The lowest BCUT2D eigenvalue weighted by molar-refractivity contribution is -0.112. The first-order chi connectivity index (χ1) is 10.7. The van der Waals surface area contributed by atoms with Gasteiger partial charge in [0.25, 0.3) is 0 Å². The molecule has 0 spiro atoms. The summed E-state index contributed by atoms with van der Waals surface area (Å²) >= 11 is 0. The van der Waals surface area contributed by atoms with Crippen LogP contribution >= 0.6 is 0 Å². The topological polar surface area (TPSA) is 55.8 Å². The minimum Gasteiger partial charge on any atom is -0.444 e. The van der Waals surface area contributed by atoms with Crippen LogP contribution in [0, 0.1) is 17.8 Å². The second-order valence-electron chi connectivity index (χ2n) is 7.42. The summed E-state index contributed by atoms with van der Waals surface area (Å²) in [5, 5.41) is 0. The van der Waals surface area contributed by atoms with Crippen LogP contribution in [0.4, 0.5) is 4.79 Å². The van der Waals surface area contributed by atoms with Crippen LogP contribution in [0.25, 0.3) is 0 Å². The largest absolute Gasteiger partial charge is 0.444 e. The summed E-state index contributed by atoms with van der Waals surface area (Å²) in [4.78, 5) is 24.6. The third kappa shape index (κ3) is 5.87. The van der Waals surface area contributed by atoms with E-state index in [1.54, 1.807) is 4.90 Å². The number of nitrogens with zero attached hydrogens (tertiary/aromatic N) is 1. The van der Waals surface area contributed by atoms with E-state index >= 15 is 0 Å². The lowest BCUT2D eigenvalue weighted by atomic mass is 9.82. The lowest BCUT2D eigenvalue weighted by Gasteiger charge is -2.38. The number of carbonyl (C=O) groups excluding carboxylic acids is 2. The van der Waals surface area contributed by atoms with Gasteiger partial charge >= 0.3 is 6.09 Å². The zero-order valence-electron chi connectivity index (χ0n) is 14.6. The molecular formula is C18H27NO4. The summed E-state index contributed by atoms with van der Waals surface area (Å²) < 4.78 is 11.5. The first-order valence-electron chi connectivity index (χ1n) is 8.38. The Hall–Kier alpha value is -1.54. The van der Waals surface area contributed by atoms with Crippen molar-refractivity contribution in [2.75, 3.05) is 13.1 Å². The minimum absolute atomic E-state index is 0.0797. The Balaban J connectivity index is 1.66. The van der Waals surface area contributed by atoms with Crippen molar-refractivity contribution in [2.24, 2.45) is 5.92 Å². The molecule has 0 aromatic heterocycles. The van der Waals surface area contributed by atoms with Crippen molar-refractivity contribution in [2.45, 2.75) is 71.2 Å². The maximum atomic E-state index is 12.0. The SMILES string of the molecule is CC(=O)C#C[C@H]1C[C@H](OC2CCN(C(=O)OC(C)(C)C)CC2)C1. The molecule has 1 aliphatic carbocycles. The number of carbonyl (C=O) groups is 2. The number of Topliss-reactive ketones (excluding diaryl/α,β-unsaturated/α-hetero) is 1. The number of piperidine rings is 1. The van der Waals surface area contributed by atoms with Crippen molar-refractivity contribution in [3.05, 3.63) is 0 Å². The molecule has 1 amide bonds. The molecule has 2 rings (SSSR count). The Morgan fingerprint density at radius 2 is 1.70 bits per heavy atom. The molecule has 128 valence electrons. The molecule has 0 bridgehead atoms. The highest BCUT2D eigenvalue weighted by Gasteiger charge is 2.33. The van der Waals surface area contributed by atoms with Gasteiger partial charge in [-0.05, 0) is 52.4 Å². The van der Waals surface area contributed by atoms with E-state index in [-0.39, 0.29) is 24.1 Å². The second-order valence-corrected chi connectivity index (χ2v) is 7.42. The molecule has 0 radical (unpaired) electrons. The summed E-state index contributed by atoms with van der Waals surface area (Å²) in [7, 11) is 0. The van der Waals surface area contributed by atoms with E-state index in [0.29, 0.717) is 19.0 Å². The number of hydrogen-bond acceptors (Lipinski definition) is 4. The van der Waals surface area contributed by atoms with E-state index in [0.717, 1.165) is 25.7 Å². The Labute approximate surface area is 138 Å². The highest BCUT2D eigenvalue weighted by molar-refractivity contribution is 5.93. The molecule has 5 nitrogen and oxygen atoms in total. The minimum atomic E-state index is -0.452. The molecule has 0 N–H and O–H groups in total. The van der Waals surface area contributed by atoms with E-state index in [9.17, 15) is 9.59 Å². The number of ketones is 1. The van der Waals surface area contributed by atoms with Crippen LogP contribution in [0.2, 0.25) is 0 Å². The van der Waals surface area contributed by atoms with Gasteiger partial charge in [0.2, 0.25) is 5.78 Å². The molecule has 0 aromatic carbocycles. The molecule has 0 aromatic rings. The Bertz CT molecular complexity index is 497. The normalized spacial score (nSPS) is 25.1. The van der Waals surface area contributed by atoms with Crippen molar-refractivity contribution in [3.63, 3.8) is 0 Å². The number of ether oxygens (including phenoxy) is 2. The zero-order valence-corrected chi connectivity index (χ0v) is 14.6. The Kier molecular flexibility index (Phi) is 5.69. The highest BCUT2D eigenvalue weighted by atomic mass is 16.6. The molecule has 1 saturated heterocycles. The van der Waals surface area contributed by atoms with Gasteiger partial charge in [-0.15, -0.1) is 0 Å². The second kappa shape index (κ2) is 7.35. The average molecular weight is 321 g/mol. The van der Waals surface area contributed by atoms with E-state index in [4.69, 9.17) is 9.47 Å². The summed E-state index contributed by atoms with van der Waals surface area (Å²) in [6.07, 6.45) is 3.73. The lowest BCUT2D eigenvalue weighted by Crippen LogP contribution is -2.45. The molecule has 1 aliphatic heterocycles. The molecule has 2 fully saturated rings. The quantitative estimate of drug-likeness (QED) is 0.580. The van der Waals surface area contributed by atoms with Gasteiger partial charge in [-0.3, -0.25) is 4.79 Å². The van der Waals surface area contributed by atoms with Crippen LogP contribution in [0.15, 0.2) is 0 Å². The van der Waals surface area contributed by atoms with Crippen molar-refractivity contribution < 1.29 is 19.1 Å². The van der Waals surface area contributed by atoms with Crippen molar-refractivity contribution in [1.82, 2.24) is 4.90 Å². The average Bonchev–Trinajstić information content (AvgIpc) is 2.39. The number of hydrogen-bond donors (Lipinski definition) is 0. The highest BCUT2D eigenvalue weighted by Crippen LogP contribution is 2.32. The predicted molar refractivity (Wildman–Crippen MR) is 86.9 cm³/mol. The first kappa shape index (κ1) is 17.8. The van der Waals surface area contributed by atoms with Gasteiger partial charge < -0.3 is 14.4 Å². The summed E-state index contributed by atoms with van der Waals surface area (Å²) in [6, 6.07) is 0. The standard InChI is InChI=1S/C18H27NO4/c1-13(20)5-6-14-11-16(12-14)22-15-7-9-19(10-8-15)17(21)23-18(2,3)4/h14-16H,7-12H2,1-4H3/t14-,16-. The van der Waals surface area contributed by atoms with Crippen LogP contribution in [0.3, 0.4) is 0 Å². The smallest absolute Gasteiger partial charge is 0.410 e. The van der Waals surface area contributed by atoms with Crippen LogP contribution in [-0.4, -0.2) is 47.7 Å². The van der Waals surface area contributed by atoms with Crippen LogP contribution in [0.5, 0.6) is 0 Å². The van der Waals surface area contributed by atoms with Gasteiger partial charge in [0.15, 0.2) is 0 Å². The van der Waals surface area contributed by atoms with E-state index in [1.807, 2.05) is 20.8 Å². The maximum absolute atomic E-state index is 12.0. The van der Waals surface area contributed by atoms with E-state index in [1.165, 1.54) is 6.92 Å². The van der Waals surface area contributed by atoms with Crippen molar-refractivity contribution in [3.8, 4) is 11.8 Å². The van der Waals surface area contributed by atoms with Gasteiger partial charge in [0.1, 0.15) is 5.60 Å². The van der Waals surface area contributed by atoms with Crippen molar-refractivity contribution in [1.29, 1.82) is 0 Å². The molecule has 2 aliphatic rings.